The zero-order valence-corrected chi connectivity index (χ0v) is 16.0. The second-order valence-corrected chi connectivity index (χ2v) is 7.15. The molecule has 0 saturated heterocycles. The number of ether oxygens (including phenoxy) is 1. The van der Waals surface area contributed by atoms with Gasteiger partial charge in [-0.2, -0.15) is 0 Å². The first-order chi connectivity index (χ1) is 14.0. The monoisotopic (exact) mass is 387 g/mol. The number of benzene rings is 3. The van der Waals surface area contributed by atoms with Gasteiger partial charge in [-0.05, 0) is 34.7 Å². The van der Waals surface area contributed by atoms with Gasteiger partial charge in [-0.3, -0.25) is 0 Å². The van der Waals surface area contributed by atoms with Crippen molar-refractivity contribution in [2.75, 3.05) is 6.61 Å². The maximum absolute atomic E-state index is 12.4. The summed E-state index contributed by atoms with van der Waals surface area (Å²) in [6.07, 6.45) is -0.750. The van der Waals surface area contributed by atoms with E-state index in [1.807, 2.05) is 55.5 Å². The Kier molecular flexibility index (Phi) is 5.04. The van der Waals surface area contributed by atoms with E-state index in [9.17, 15) is 14.7 Å². The summed E-state index contributed by atoms with van der Waals surface area (Å²) < 4.78 is 5.45. The van der Waals surface area contributed by atoms with Crippen molar-refractivity contribution in [3.8, 4) is 11.1 Å². The standard InChI is InChI=1S/C24H21NO4/c1-15-10-12-16(13-11-15)22(23(26)27)25-24(28)29-14-21-19-8-4-2-6-17(19)18-7-3-5-9-20(18)21/h2-13,21-22H,14H2,1H3,(H,25,28)(H,26,27). The van der Waals surface area contributed by atoms with Gasteiger partial charge in [0.2, 0.25) is 0 Å². The van der Waals surface area contributed by atoms with Gasteiger partial charge < -0.3 is 15.2 Å². The number of amides is 1. The van der Waals surface area contributed by atoms with E-state index in [4.69, 9.17) is 4.74 Å². The number of aliphatic carboxylic acids is 1. The number of alkyl carbamates (subject to hydrolysis) is 1. The minimum atomic E-state index is -1.16. The van der Waals surface area contributed by atoms with E-state index in [1.165, 1.54) is 0 Å². The molecule has 0 bridgehead atoms. The number of carboxylic acids is 1. The van der Waals surface area contributed by atoms with Gasteiger partial charge in [0.25, 0.3) is 0 Å². The second-order valence-electron chi connectivity index (χ2n) is 7.15. The van der Waals surface area contributed by atoms with Crippen LogP contribution in [0.2, 0.25) is 0 Å². The minimum Gasteiger partial charge on any atom is -0.479 e. The first kappa shape index (κ1) is 18.7. The zero-order chi connectivity index (χ0) is 20.4. The van der Waals surface area contributed by atoms with Gasteiger partial charge in [0.05, 0.1) is 0 Å². The summed E-state index contributed by atoms with van der Waals surface area (Å²) in [6, 6.07) is 22.0. The van der Waals surface area contributed by atoms with Crippen LogP contribution in [0, 0.1) is 6.92 Å². The first-order valence-corrected chi connectivity index (χ1v) is 9.45. The molecule has 5 heteroatoms. The first-order valence-electron chi connectivity index (χ1n) is 9.45. The Bertz CT molecular complexity index is 1010. The molecule has 29 heavy (non-hydrogen) atoms. The molecule has 3 aromatic carbocycles. The molecule has 0 radical (unpaired) electrons. The molecule has 0 fully saturated rings. The molecule has 0 heterocycles. The largest absolute Gasteiger partial charge is 0.479 e. The van der Waals surface area contributed by atoms with Gasteiger partial charge in [-0.25, -0.2) is 9.59 Å². The van der Waals surface area contributed by atoms with E-state index in [1.54, 1.807) is 12.1 Å². The summed E-state index contributed by atoms with van der Waals surface area (Å²) in [6.45, 7) is 2.05. The van der Waals surface area contributed by atoms with Crippen LogP contribution in [-0.2, 0) is 9.53 Å². The van der Waals surface area contributed by atoms with Crippen molar-refractivity contribution in [2.24, 2.45) is 0 Å². The maximum Gasteiger partial charge on any atom is 0.408 e. The number of carbonyl (C=O) groups is 2. The Balaban J connectivity index is 1.48. The van der Waals surface area contributed by atoms with Crippen LogP contribution >= 0.6 is 0 Å². The SMILES string of the molecule is Cc1ccc(C(NC(=O)OCC2c3ccccc3-c3ccccc32)C(=O)O)cc1. The third kappa shape index (κ3) is 3.72. The predicted octanol–water partition coefficient (Wildman–Crippen LogP) is 4.66. The van der Waals surface area contributed by atoms with Gasteiger partial charge >= 0.3 is 12.1 Å². The predicted molar refractivity (Wildman–Crippen MR) is 110 cm³/mol. The van der Waals surface area contributed by atoms with Crippen molar-refractivity contribution < 1.29 is 19.4 Å². The molecular weight excluding hydrogens is 366 g/mol. The maximum atomic E-state index is 12.4. The minimum absolute atomic E-state index is 0.0733. The summed E-state index contributed by atoms with van der Waals surface area (Å²) in [7, 11) is 0. The summed E-state index contributed by atoms with van der Waals surface area (Å²) in [5, 5.41) is 12.0. The molecule has 2 N–H and O–H groups in total. The highest BCUT2D eigenvalue weighted by Crippen LogP contribution is 2.44. The second kappa shape index (κ2) is 7.80. The van der Waals surface area contributed by atoms with Crippen molar-refractivity contribution in [3.63, 3.8) is 0 Å². The summed E-state index contributed by atoms with van der Waals surface area (Å²) in [4.78, 5) is 24.0. The van der Waals surface area contributed by atoms with E-state index >= 15 is 0 Å². The number of carbonyl (C=O) groups excluding carboxylic acids is 1. The van der Waals surface area contributed by atoms with Gasteiger partial charge in [-0.15, -0.1) is 0 Å². The van der Waals surface area contributed by atoms with Crippen LogP contribution in [0.4, 0.5) is 4.79 Å². The number of hydrogen-bond acceptors (Lipinski definition) is 3. The molecule has 1 amide bonds. The average Bonchev–Trinajstić information content (AvgIpc) is 3.05. The molecule has 3 aromatic rings. The number of carboxylic acid groups (broad SMARTS) is 1. The van der Waals surface area contributed by atoms with Crippen LogP contribution < -0.4 is 5.32 Å². The van der Waals surface area contributed by atoms with Crippen molar-refractivity contribution in [3.05, 3.63) is 95.1 Å². The molecule has 0 saturated carbocycles. The van der Waals surface area contributed by atoms with Crippen molar-refractivity contribution in [1.29, 1.82) is 0 Å². The van der Waals surface area contributed by atoms with Crippen LogP contribution in [-0.4, -0.2) is 23.8 Å². The third-order valence-electron chi connectivity index (χ3n) is 5.26. The highest BCUT2D eigenvalue weighted by molar-refractivity contribution is 5.82. The fraction of sp³-hybridized carbons (Fsp3) is 0.167. The number of hydrogen-bond donors (Lipinski definition) is 2. The lowest BCUT2D eigenvalue weighted by atomic mass is 9.98. The van der Waals surface area contributed by atoms with E-state index in [0.717, 1.165) is 27.8 Å². The number of aryl methyl sites for hydroxylation is 1. The van der Waals surface area contributed by atoms with Crippen LogP contribution in [0.1, 0.15) is 34.2 Å². The Morgan fingerprint density at radius 2 is 1.48 bits per heavy atom. The Labute approximate surface area is 169 Å². The van der Waals surface area contributed by atoms with Gasteiger partial charge in [0.15, 0.2) is 6.04 Å². The molecule has 1 aliphatic carbocycles. The molecule has 0 aliphatic heterocycles. The van der Waals surface area contributed by atoms with E-state index < -0.39 is 18.1 Å². The van der Waals surface area contributed by atoms with Crippen molar-refractivity contribution in [1.82, 2.24) is 5.32 Å². The van der Waals surface area contributed by atoms with Crippen LogP contribution in [0.25, 0.3) is 11.1 Å². The lowest BCUT2D eigenvalue weighted by molar-refractivity contribution is -0.139. The normalized spacial score (nSPS) is 13.3. The summed E-state index contributed by atoms with van der Waals surface area (Å²) in [5.74, 6) is -1.21. The average molecular weight is 387 g/mol. The number of nitrogens with one attached hydrogen (secondary N) is 1. The molecule has 0 aromatic heterocycles. The van der Waals surface area contributed by atoms with Crippen LogP contribution in [0.5, 0.6) is 0 Å². The van der Waals surface area contributed by atoms with Crippen molar-refractivity contribution in [2.45, 2.75) is 18.9 Å². The van der Waals surface area contributed by atoms with Gasteiger partial charge in [0.1, 0.15) is 6.61 Å². The quantitative estimate of drug-likeness (QED) is 0.668. The van der Waals surface area contributed by atoms with Gasteiger partial charge in [-0.1, -0.05) is 78.4 Å². The van der Waals surface area contributed by atoms with Crippen molar-refractivity contribution >= 4 is 12.1 Å². The van der Waals surface area contributed by atoms with Crippen LogP contribution in [0.15, 0.2) is 72.8 Å². The molecule has 146 valence electrons. The zero-order valence-electron chi connectivity index (χ0n) is 16.0. The summed E-state index contributed by atoms with van der Waals surface area (Å²) in [5.41, 5.74) is 6.00. The summed E-state index contributed by atoms with van der Waals surface area (Å²) >= 11 is 0. The van der Waals surface area contributed by atoms with E-state index in [2.05, 4.69) is 17.4 Å². The van der Waals surface area contributed by atoms with E-state index in [0.29, 0.717) is 5.56 Å². The molecule has 5 nitrogen and oxygen atoms in total. The molecule has 1 unspecified atom stereocenters. The molecule has 1 atom stereocenters. The lowest BCUT2D eigenvalue weighted by Crippen LogP contribution is -2.34. The number of rotatable bonds is 5. The molecule has 0 spiro atoms. The Hall–Kier alpha value is -3.60. The van der Waals surface area contributed by atoms with Crippen LogP contribution in [0.3, 0.4) is 0 Å². The fourth-order valence-corrected chi connectivity index (χ4v) is 3.80. The topological polar surface area (TPSA) is 75.6 Å². The Morgan fingerprint density at radius 1 is 0.931 bits per heavy atom. The lowest BCUT2D eigenvalue weighted by Gasteiger charge is -2.18. The fourth-order valence-electron chi connectivity index (χ4n) is 3.80. The van der Waals surface area contributed by atoms with E-state index in [-0.39, 0.29) is 12.5 Å². The van der Waals surface area contributed by atoms with Gasteiger partial charge in [0, 0.05) is 5.92 Å². The number of fused-ring (bicyclic) bond motifs is 3. The molecule has 4 rings (SSSR count). The Morgan fingerprint density at radius 3 is 2.03 bits per heavy atom. The molecular formula is C24H21NO4. The third-order valence-corrected chi connectivity index (χ3v) is 5.26. The smallest absolute Gasteiger partial charge is 0.408 e. The molecule has 1 aliphatic rings. The highest BCUT2D eigenvalue weighted by Gasteiger charge is 2.30. The highest BCUT2D eigenvalue weighted by atomic mass is 16.5.